The average molecular weight is 111 g/mol. The van der Waals surface area contributed by atoms with Crippen molar-refractivity contribution in [2.24, 2.45) is 0 Å². The third-order valence-corrected chi connectivity index (χ3v) is 0.601. The van der Waals surface area contributed by atoms with E-state index in [2.05, 4.69) is 0 Å². The predicted octanol–water partition coefficient (Wildman–Crippen LogP) is 1.45. The van der Waals surface area contributed by atoms with Crippen molar-refractivity contribution in [2.75, 3.05) is 0 Å². The number of allylic oxidation sites excluding steroid dienone is 1. The van der Waals surface area contributed by atoms with Crippen LogP contribution in [0.2, 0.25) is 0 Å². The molecule has 0 heterocycles. The Hall–Kier alpha value is -0.970. The Morgan fingerprint density at radius 3 is 2.75 bits per heavy atom. The zero-order valence-corrected chi connectivity index (χ0v) is 5.09. The van der Waals surface area contributed by atoms with Gasteiger partial charge in [0.25, 0.3) is 0 Å². The number of hydrogen-bond donors (Lipinski definition) is 0. The number of hydrogen-bond acceptors (Lipinski definition) is 2. The monoisotopic (exact) mass is 111 g/mol. The van der Waals surface area contributed by atoms with Gasteiger partial charge in [-0.25, -0.2) is 0 Å². The topological polar surface area (TPSA) is 33.0 Å². The van der Waals surface area contributed by atoms with Gasteiger partial charge in [0.15, 0.2) is 6.10 Å². The van der Waals surface area contributed by atoms with Gasteiger partial charge in [-0.15, -0.1) is 0 Å². The lowest BCUT2D eigenvalue weighted by Gasteiger charge is -1.97. The molecule has 0 rings (SSSR count). The molecule has 0 spiro atoms. The molecule has 0 saturated heterocycles. The third kappa shape index (κ3) is 3.23. The van der Waals surface area contributed by atoms with E-state index in [1.54, 1.807) is 13.0 Å². The first-order valence-corrected chi connectivity index (χ1v) is 2.47. The molecule has 0 aromatic heterocycles. The maximum atomic E-state index is 8.15. The molecule has 44 valence electrons. The van der Waals surface area contributed by atoms with Gasteiger partial charge >= 0.3 is 0 Å². The van der Waals surface area contributed by atoms with Crippen molar-refractivity contribution >= 4 is 0 Å². The van der Waals surface area contributed by atoms with Gasteiger partial charge in [-0.2, -0.15) is 5.26 Å². The molecule has 0 aromatic carbocycles. The van der Waals surface area contributed by atoms with Crippen molar-refractivity contribution < 1.29 is 4.74 Å². The Kier molecular flexibility index (Phi) is 3.69. The number of nitrogens with zero attached hydrogens (tertiary/aromatic N) is 1. The Bertz CT molecular complexity index is 112. The van der Waals surface area contributed by atoms with E-state index in [1.165, 1.54) is 6.26 Å². The van der Waals surface area contributed by atoms with E-state index in [0.717, 1.165) is 0 Å². The van der Waals surface area contributed by atoms with Crippen LogP contribution >= 0.6 is 0 Å². The fourth-order valence-corrected chi connectivity index (χ4v) is 0.227. The van der Waals surface area contributed by atoms with Crippen LogP contribution in [0.3, 0.4) is 0 Å². The summed E-state index contributed by atoms with van der Waals surface area (Å²) in [7, 11) is 0. The molecule has 0 aliphatic rings. The van der Waals surface area contributed by atoms with Gasteiger partial charge in [0, 0.05) is 0 Å². The molecule has 0 amide bonds. The van der Waals surface area contributed by atoms with Gasteiger partial charge in [0.05, 0.1) is 6.26 Å². The molecule has 1 atom stereocenters. The first kappa shape index (κ1) is 7.03. The molecule has 1 unspecified atom stereocenters. The zero-order chi connectivity index (χ0) is 6.41. The van der Waals surface area contributed by atoms with Crippen molar-refractivity contribution in [1.29, 1.82) is 5.26 Å². The summed E-state index contributed by atoms with van der Waals surface area (Å²) in [5.74, 6) is 0. The van der Waals surface area contributed by atoms with Crippen molar-refractivity contribution in [3.05, 3.63) is 12.3 Å². The smallest absolute Gasteiger partial charge is 0.180 e. The lowest BCUT2D eigenvalue weighted by atomic mass is 10.5. The van der Waals surface area contributed by atoms with Crippen LogP contribution in [0, 0.1) is 11.3 Å². The molecule has 2 nitrogen and oxygen atoms in total. The second kappa shape index (κ2) is 4.20. The maximum absolute atomic E-state index is 8.15. The molecular formula is C6H9NO. The lowest BCUT2D eigenvalue weighted by Crippen LogP contribution is -1.97. The SMILES string of the molecule is CC=COC(C)C#N. The minimum Gasteiger partial charge on any atom is -0.484 e. The largest absolute Gasteiger partial charge is 0.484 e. The van der Waals surface area contributed by atoms with Gasteiger partial charge in [-0.05, 0) is 13.8 Å². The van der Waals surface area contributed by atoms with Crippen LogP contribution in [0.25, 0.3) is 0 Å². The molecule has 0 radical (unpaired) electrons. The highest BCUT2D eigenvalue weighted by Gasteiger charge is 1.90. The Labute approximate surface area is 49.4 Å². The molecule has 0 saturated carbocycles. The van der Waals surface area contributed by atoms with Gasteiger partial charge in [0.2, 0.25) is 0 Å². The van der Waals surface area contributed by atoms with Crippen LogP contribution in [0.1, 0.15) is 13.8 Å². The highest BCUT2D eigenvalue weighted by Crippen LogP contribution is 1.86. The van der Waals surface area contributed by atoms with Gasteiger partial charge in [-0.1, -0.05) is 6.08 Å². The summed E-state index contributed by atoms with van der Waals surface area (Å²) in [5.41, 5.74) is 0. The van der Waals surface area contributed by atoms with Gasteiger partial charge < -0.3 is 4.74 Å². The van der Waals surface area contributed by atoms with Crippen LogP contribution in [-0.2, 0) is 4.74 Å². The number of nitriles is 1. The van der Waals surface area contributed by atoms with Crippen LogP contribution in [0.5, 0.6) is 0 Å². The van der Waals surface area contributed by atoms with Crippen molar-refractivity contribution in [1.82, 2.24) is 0 Å². The van der Waals surface area contributed by atoms with Gasteiger partial charge in [0.1, 0.15) is 6.07 Å². The number of rotatable bonds is 2. The second-order valence-electron chi connectivity index (χ2n) is 1.38. The molecule has 0 aliphatic heterocycles. The van der Waals surface area contributed by atoms with E-state index in [9.17, 15) is 0 Å². The molecular weight excluding hydrogens is 102 g/mol. The summed E-state index contributed by atoms with van der Waals surface area (Å²) >= 11 is 0. The van der Waals surface area contributed by atoms with E-state index in [0.29, 0.717) is 0 Å². The Morgan fingerprint density at radius 2 is 2.38 bits per heavy atom. The fraction of sp³-hybridized carbons (Fsp3) is 0.500. The molecule has 0 aliphatic carbocycles. The first-order chi connectivity index (χ1) is 3.81. The minimum atomic E-state index is -0.328. The van der Waals surface area contributed by atoms with Crippen LogP contribution in [-0.4, -0.2) is 6.10 Å². The second-order valence-corrected chi connectivity index (χ2v) is 1.38. The lowest BCUT2D eigenvalue weighted by molar-refractivity contribution is 0.210. The molecule has 0 fully saturated rings. The predicted molar refractivity (Wildman–Crippen MR) is 31.0 cm³/mol. The van der Waals surface area contributed by atoms with Crippen LogP contribution in [0.4, 0.5) is 0 Å². The quantitative estimate of drug-likeness (QED) is 0.505. The Balaban J connectivity index is 3.28. The van der Waals surface area contributed by atoms with E-state index in [-0.39, 0.29) is 6.10 Å². The third-order valence-electron chi connectivity index (χ3n) is 0.601. The molecule has 2 heteroatoms. The van der Waals surface area contributed by atoms with Crippen molar-refractivity contribution in [3.63, 3.8) is 0 Å². The highest BCUT2D eigenvalue weighted by molar-refractivity contribution is 4.82. The van der Waals surface area contributed by atoms with Crippen molar-refractivity contribution in [3.8, 4) is 6.07 Å². The summed E-state index contributed by atoms with van der Waals surface area (Å²) in [6, 6.07) is 1.93. The fourth-order valence-electron chi connectivity index (χ4n) is 0.227. The van der Waals surface area contributed by atoms with Gasteiger partial charge in [-0.3, -0.25) is 0 Å². The summed E-state index contributed by atoms with van der Waals surface area (Å²) < 4.78 is 4.80. The van der Waals surface area contributed by atoms with E-state index >= 15 is 0 Å². The molecule has 8 heavy (non-hydrogen) atoms. The number of ether oxygens (including phenoxy) is 1. The first-order valence-electron chi connectivity index (χ1n) is 2.47. The van der Waals surface area contributed by atoms with E-state index in [1.807, 2.05) is 13.0 Å². The normalized spacial score (nSPS) is 13.1. The van der Waals surface area contributed by atoms with Crippen molar-refractivity contribution in [2.45, 2.75) is 20.0 Å². The summed E-state index contributed by atoms with van der Waals surface area (Å²) in [4.78, 5) is 0. The van der Waals surface area contributed by atoms with E-state index in [4.69, 9.17) is 10.00 Å². The molecule has 0 bridgehead atoms. The van der Waals surface area contributed by atoms with E-state index < -0.39 is 0 Å². The zero-order valence-electron chi connectivity index (χ0n) is 5.09. The average Bonchev–Trinajstić information content (AvgIpc) is 1.83. The van der Waals surface area contributed by atoms with Crippen LogP contribution < -0.4 is 0 Å². The van der Waals surface area contributed by atoms with Crippen LogP contribution in [0.15, 0.2) is 12.3 Å². The summed E-state index contributed by atoms with van der Waals surface area (Å²) in [6.45, 7) is 3.53. The molecule has 0 N–H and O–H groups in total. The molecule has 0 aromatic rings. The summed E-state index contributed by atoms with van der Waals surface area (Å²) in [5, 5.41) is 8.15. The maximum Gasteiger partial charge on any atom is 0.180 e. The Morgan fingerprint density at radius 1 is 1.75 bits per heavy atom. The summed E-state index contributed by atoms with van der Waals surface area (Å²) in [6.07, 6.45) is 2.92. The highest BCUT2D eigenvalue weighted by atomic mass is 16.5. The standard InChI is InChI=1S/C6H9NO/c1-3-4-8-6(2)5-7/h3-4,6H,1-2H3. The minimum absolute atomic E-state index is 0.328.